The summed E-state index contributed by atoms with van der Waals surface area (Å²) < 4.78 is 0. The summed E-state index contributed by atoms with van der Waals surface area (Å²) in [4.78, 5) is 20.3. The molecule has 0 bridgehead atoms. The summed E-state index contributed by atoms with van der Waals surface area (Å²) in [6, 6.07) is 3.92. The van der Waals surface area contributed by atoms with Gasteiger partial charge in [-0.05, 0) is 23.8 Å². The molecule has 0 saturated heterocycles. The Morgan fingerprint density at radius 1 is 1.33 bits per heavy atom. The first-order valence-electron chi connectivity index (χ1n) is 4.11. The summed E-state index contributed by atoms with van der Waals surface area (Å²) in [7, 11) is 0. The number of nitro groups is 1. The molecule has 0 aliphatic rings. The lowest BCUT2D eigenvalue weighted by Gasteiger charge is -2.02. The van der Waals surface area contributed by atoms with Gasteiger partial charge < -0.3 is 10.2 Å². The number of carboxylic acid groups (broad SMARTS) is 1. The van der Waals surface area contributed by atoms with Crippen molar-refractivity contribution >= 4 is 5.97 Å². The molecule has 0 aliphatic carbocycles. The molecular formula is C9H9NO5. The van der Waals surface area contributed by atoms with Crippen molar-refractivity contribution in [2.45, 2.75) is 13.2 Å². The molecule has 0 spiro atoms. The molecule has 0 atom stereocenters. The smallest absolute Gasteiger partial charge is 0.335 e. The zero-order chi connectivity index (χ0) is 11.4. The maximum atomic E-state index is 10.7. The standard InChI is InChI=1S/C9H9NO5/c11-5-7-1-6(4-10(14)15)2-8(3-7)9(12)13/h1-3,11H,4-5H2,(H,12,13). The van der Waals surface area contributed by atoms with Gasteiger partial charge in [-0.3, -0.25) is 10.1 Å². The Morgan fingerprint density at radius 2 is 1.93 bits per heavy atom. The summed E-state index contributed by atoms with van der Waals surface area (Å²) in [6.45, 7) is -0.792. The van der Waals surface area contributed by atoms with Crippen LogP contribution in [-0.2, 0) is 13.2 Å². The predicted octanol–water partition coefficient (Wildman–Crippen LogP) is 0.654. The first-order chi connectivity index (χ1) is 7.02. The Morgan fingerprint density at radius 3 is 2.40 bits per heavy atom. The van der Waals surface area contributed by atoms with E-state index in [0.717, 1.165) is 0 Å². The van der Waals surface area contributed by atoms with E-state index in [-0.39, 0.29) is 17.7 Å². The van der Waals surface area contributed by atoms with E-state index in [0.29, 0.717) is 5.56 Å². The molecule has 6 heteroatoms. The highest BCUT2D eigenvalue weighted by atomic mass is 16.6. The van der Waals surface area contributed by atoms with Crippen LogP contribution >= 0.6 is 0 Å². The largest absolute Gasteiger partial charge is 0.478 e. The van der Waals surface area contributed by atoms with Gasteiger partial charge in [0.25, 0.3) is 0 Å². The third-order valence-electron chi connectivity index (χ3n) is 1.79. The molecule has 0 unspecified atom stereocenters. The van der Waals surface area contributed by atoms with Gasteiger partial charge in [0.15, 0.2) is 0 Å². The Labute approximate surface area is 84.9 Å². The number of hydrogen-bond donors (Lipinski definition) is 2. The Bertz CT molecular complexity index is 401. The second-order valence-corrected chi connectivity index (χ2v) is 2.99. The fourth-order valence-corrected chi connectivity index (χ4v) is 1.22. The van der Waals surface area contributed by atoms with Crippen molar-refractivity contribution in [2.24, 2.45) is 0 Å². The SMILES string of the molecule is O=C(O)c1cc(CO)cc(C[N+](=O)[O-])c1. The lowest BCUT2D eigenvalue weighted by Crippen LogP contribution is -2.04. The molecule has 0 heterocycles. The van der Waals surface area contributed by atoms with Gasteiger partial charge in [-0.2, -0.15) is 0 Å². The fourth-order valence-electron chi connectivity index (χ4n) is 1.22. The topological polar surface area (TPSA) is 101 Å². The first kappa shape index (κ1) is 11.1. The normalized spacial score (nSPS) is 9.93. The molecule has 1 rings (SSSR count). The molecule has 1 aromatic rings. The van der Waals surface area contributed by atoms with Crippen LogP contribution < -0.4 is 0 Å². The predicted molar refractivity (Wildman–Crippen MR) is 50.0 cm³/mol. The number of hydrogen-bond acceptors (Lipinski definition) is 4. The van der Waals surface area contributed by atoms with E-state index in [2.05, 4.69) is 0 Å². The second-order valence-electron chi connectivity index (χ2n) is 2.99. The van der Waals surface area contributed by atoms with Gasteiger partial charge in [-0.1, -0.05) is 0 Å². The summed E-state index contributed by atoms with van der Waals surface area (Å²) >= 11 is 0. The minimum Gasteiger partial charge on any atom is -0.478 e. The van der Waals surface area contributed by atoms with Crippen LogP contribution in [0.15, 0.2) is 18.2 Å². The molecule has 0 radical (unpaired) electrons. The van der Waals surface area contributed by atoms with E-state index >= 15 is 0 Å². The maximum Gasteiger partial charge on any atom is 0.335 e. The number of aliphatic hydroxyl groups excluding tert-OH is 1. The van der Waals surface area contributed by atoms with E-state index in [9.17, 15) is 14.9 Å². The number of benzene rings is 1. The Hall–Kier alpha value is -1.95. The van der Waals surface area contributed by atoms with Gasteiger partial charge >= 0.3 is 5.97 Å². The van der Waals surface area contributed by atoms with Gasteiger partial charge in [-0.25, -0.2) is 4.79 Å². The van der Waals surface area contributed by atoms with E-state index in [1.807, 2.05) is 0 Å². The molecule has 80 valence electrons. The van der Waals surface area contributed by atoms with Crippen LogP contribution in [-0.4, -0.2) is 21.1 Å². The van der Waals surface area contributed by atoms with Gasteiger partial charge in [0.2, 0.25) is 6.54 Å². The number of nitrogens with zero attached hydrogens (tertiary/aromatic N) is 1. The van der Waals surface area contributed by atoms with E-state index in [1.165, 1.54) is 18.2 Å². The van der Waals surface area contributed by atoms with Crippen LogP contribution in [0.1, 0.15) is 21.5 Å². The average Bonchev–Trinajstić information content (AvgIpc) is 2.16. The third-order valence-corrected chi connectivity index (χ3v) is 1.79. The van der Waals surface area contributed by atoms with Crippen molar-refractivity contribution in [1.82, 2.24) is 0 Å². The number of carbonyl (C=O) groups is 1. The minimum atomic E-state index is -1.17. The monoisotopic (exact) mass is 211 g/mol. The first-order valence-corrected chi connectivity index (χ1v) is 4.11. The van der Waals surface area contributed by atoms with Gasteiger partial charge in [-0.15, -0.1) is 0 Å². The van der Waals surface area contributed by atoms with E-state index in [4.69, 9.17) is 10.2 Å². The summed E-state index contributed by atoms with van der Waals surface area (Å²) in [6.07, 6.45) is 0. The van der Waals surface area contributed by atoms with E-state index < -0.39 is 17.4 Å². The molecule has 0 fully saturated rings. The average molecular weight is 211 g/mol. The number of carboxylic acids is 1. The lowest BCUT2D eigenvalue weighted by molar-refractivity contribution is -0.496. The summed E-state index contributed by atoms with van der Waals surface area (Å²) in [5, 5.41) is 27.8. The fraction of sp³-hybridized carbons (Fsp3) is 0.222. The van der Waals surface area contributed by atoms with Crippen molar-refractivity contribution in [3.05, 3.63) is 45.0 Å². The van der Waals surface area contributed by atoms with Crippen LogP contribution in [0.25, 0.3) is 0 Å². The number of aliphatic hydroxyl groups is 1. The van der Waals surface area contributed by atoms with Gasteiger partial charge in [0.1, 0.15) is 0 Å². The van der Waals surface area contributed by atoms with Crippen molar-refractivity contribution in [3.63, 3.8) is 0 Å². The molecule has 6 nitrogen and oxygen atoms in total. The Kier molecular flexibility index (Phi) is 3.35. The van der Waals surface area contributed by atoms with Gasteiger partial charge in [0.05, 0.1) is 12.2 Å². The molecule has 15 heavy (non-hydrogen) atoms. The van der Waals surface area contributed by atoms with Crippen LogP contribution in [0, 0.1) is 10.1 Å². The molecule has 0 aromatic heterocycles. The van der Waals surface area contributed by atoms with Crippen LogP contribution in [0.5, 0.6) is 0 Å². The Balaban J connectivity index is 3.11. The quantitative estimate of drug-likeness (QED) is 0.562. The van der Waals surface area contributed by atoms with E-state index in [1.54, 1.807) is 0 Å². The molecule has 2 N–H and O–H groups in total. The lowest BCUT2D eigenvalue weighted by atomic mass is 10.1. The minimum absolute atomic E-state index is 0.0570. The third kappa shape index (κ3) is 3.03. The highest BCUT2D eigenvalue weighted by Crippen LogP contribution is 2.11. The molecule has 1 aromatic carbocycles. The summed E-state index contributed by atoms with van der Waals surface area (Å²) in [5.41, 5.74) is 0.564. The highest BCUT2D eigenvalue weighted by molar-refractivity contribution is 5.88. The zero-order valence-corrected chi connectivity index (χ0v) is 7.71. The van der Waals surface area contributed by atoms with Crippen molar-refractivity contribution in [1.29, 1.82) is 0 Å². The van der Waals surface area contributed by atoms with Crippen LogP contribution in [0.2, 0.25) is 0 Å². The molecule has 0 amide bonds. The second kappa shape index (κ2) is 4.52. The molecule has 0 aliphatic heterocycles. The van der Waals surface area contributed by atoms with Crippen LogP contribution in [0.4, 0.5) is 0 Å². The zero-order valence-electron chi connectivity index (χ0n) is 7.71. The maximum absolute atomic E-state index is 10.7. The van der Waals surface area contributed by atoms with Crippen LogP contribution in [0.3, 0.4) is 0 Å². The summed E-state index contributed by atoms with van der Waals surface area (Å²) in [5.74, 6) is -1.17. The van der Waals surface area contributed by atoms with Gasteiger partial charge in [0, 0.05) is 10.5 Å². The highest BCUT2D eigenvalue weighted by Gasteiger charge is 2.09. The number of rotatable bonds is 4. The van der Waals surface area contributed by atoms with Crippen molar-refractivity contribution in [2.75, 3.05) is 0 Å². The van der Waals surface area contributed by atoms with Crippen molar-refractivity contribution in [3.8, 4) is 0 Å². The molecular weight excluding hydrogens is 202 g/mol. The molecule has 0 saturated carbocycles. The number of aromatic carboxylic acids is 1. The van der Waals surface area contributed by atoms with Crippen molar-refractivity contribution < 1.29 is 19.9 Å².